The third kappa shape index (κ3) is 10.5. The average molecular weight is 262 g/mol. The lowest BCUT2D eigenvalue weighted by Crippen LogP contribution is -2.47. The average Bonchev–Trinajstić information content (AvgIpc) is 2.30. The normalized spacial score (nSPS) is 12.9. The van der Waals surface area contributed by atoms with Crippen LogP contribution in [0.1, 0.15) is 20.3 Å². The maximum atomic E-state index is 11.1. The van der Waals surface area contributed by atoms with Gasteiger partial charge in [-0.15, -0.1) is 0 Å². The lowest BCUT2D eigenvalue weighted by atomic mass is 10.2. The standard InChI is InChI=1S/C12H26N2O4/c1-10(2)14-11(12(13)15)9-18-6-4-5-17-8-7-16-3/h10-11,14H,4-9H2,1-3H3,(H2,13,15). The number of ether oxygens (including phenoxy) is 3. The van der Waals surface area contributed by atoms with Crippen LogP contribution in [0.4, 0.5) is 0 Å². The summed E-state index contributed by atoms with van der Waals surface area (Å²) in [6, 6.07) is -0.233. The molecule has 0 aromatic carbocycles. The van der Waals surface area contributed by atoms with Crippen LogP contribution in [0.2, 0.25) is 0 Å². The van der Waals surface area contributed by atoms with E-state index in [1.165, 1.54) is 0 Å². The second-order valence-corrected chi connectivity index (χ2v) is 4.31. The van der Waals surface area contributed by atoms with E-state index in [0.29, 0.717) is 33.0 Å². The molecule has 1 atom stereocenters. The van der Waals surface area contributed by atoms with Gasteiger partial charge in [0.1, 0.15) is 6.04 Å². The number of amides is 1. The molecule has 0 saturated heterocycles. The first kappa shape index (κ1) is 17.3. The van der Waals surface area contributed by atoms with Crippen LogP contribution in [0.5, 0.6) is 0 Å². The fourth-order valence-corrected chi connectivity index (χ4v) is 1.32. The van der Waals surface area contributed by atoms with Gasteiger partial charge in [0.2, 0.25) is 5.91 Å². The summed E-state index contributed by atoms with van der Waals surface area (Å²) in [7, 11) is 1.64. The summed E-state index contributed by atoms with van der Waals surface area (Å²) in [6.07, 6.45) is 0.789. The highest BCUT2D eigenvalue weighted by Crippen LogP contribution is 1.92. The van der Waals surface area contributed by atoms with Gasteiger partial charge in [0.05, 0.1) is 19.8 Å². The highest BCUT2D eigenvalue weighted by molar-refractivity contribution is 5.80. The van der Waals surface area contributed by atoms with Gasteiger partial charge in [0.15, 0.2) is 0 Å². The Bertz CT molecular complexity index is 212. The van der Waals surface area contributed by atoms with Crippen molar-refractivity contribution >= 4 is 5.91 Å². The minimum Gasteiger partial charge on any atom is -0.382 e. The molecule has 0 radical (unpaired) electrons. The van der Waals surface area contributed by atoms with Crippen LogP contribution in [0.25, 0.3) is 0 Å². The molecule has 6 heteroatoms. The SMILES string of the molecule is COCCOCCCOCC(NC(C)C)C(N)=O. The molecule has 1 unspecified atom stereocenters. The molecule has 6 nitrogen and oxygen atoms in total. The van der Waals surface area contributed by atoms with E-state index in [1.54, 1.807) is 7.11 Å². The number of nitrogens with two attached hydrogens (primary N) is 1. The molecule has 0 spiro atoms. The van der Waals surface area contributed by atoms with E-state index in [4.69, 9.17) is 19.9 Å². The molecule has 1 amide bonds. The molecule has 0 aromatic rings. The lowest BCUT2D eigenvalue weighted by Gasteiger charge is -2.18. The molecule has 108 valence electrons. The van der Waals surface area contributed by atoms with Crippen LogP contribution in [0.15, 0.2) is 0 Å². The molecule has 0 bridgehead atoms. The van der Waals surface area contributed by atoms with Gasteiger partial charge in [-0.05, 0) is 6.42 Å². The van der Waals surface area contributed by atoms with Crippen molar-refractivity contribution in [2.75, 3.05) is 40.1 Å². The smallest absolute Gasteiger partial charge is 0.236 e. The van der Waals surface area contributed by atoms with E-state index < -0.39 is 6.04 Å². The predicted octanol–water partition coefficient (Wildman–Crippen LogP) is -0.0920. The van der Waals surface area contributed by atoms with Gasteiger partial charge in [-0.2, -0.15) is 0 Å². The van der Waals surface area contributed by atoms with Gasteiger partial charge in [-0.25, -0.2) is 0 Å². The van der Waals surface area contributed by atoms with Crippen molar-refractivity contribution in [1.29, 1.82) is 0 Å². The summed E-state index contributed by atoms with van der Waals surface area (Å²) in [5.41, 5.74) is 5.26. The number of hydrogen-bond donors (Lipinski definition) is 2. The zero-order chi connectivity index (χ0) is 13.8. The topological polar surface area (TPSA) is 82.8 Å². The molecule has 0 rings (SSSR count). The van der Waals surface area contributed by atoms with Crippen LogP contribution in [0.3, 0.4) is 0 Å². The van der Waals surface area contributed by atoms with Crippen LogP contribution in [-0.2, 0) is 19.0 Å². The lowest BCUT2D eigenvalue weighted by molar-refractivity contribution is -0.121. The summed E-state index contributed by atoms with van der Waals surface area (Å²) in [5, 5.41) is 3.05. The van der Waals surface area contributed by atoms with E-state index >= 15 is 0 Å². The first-order chi connectivity index (χ1) is 8.57. The Balaban J connectivity index is 3.47. The second kappa shape index (κ2) is 11.4. The molecule has 0 aliphatic heterocycles. The minimum absolute atomic E-state index is 0.198. The molecule has 0 aliphatic rings. The van der Waals surface area contributed by atoms with Crippen LogP contribution in [-0.4, -0.2) is 58.1 Å². The molecule has 0 fully saturated rings. The number of rotatable bonds is 12. The largest absolute Gasteiger partial charge is 0.382 e. The van der Waals surface area contributed by atoms with Gasteiger partial charge < -0.3 is 25.3 Å². The minimum atomic E-state index is -0.431. The fraction of sp³-hybridized carbons (Fsp3) is 0.917. The summed E-state index contributed by atoms with van der Waals surface area (Å²) in [4.78, 5) is 11.1. The Kier molecular flexibility index (Phi) is 11.0. The third-order valence-corrected chi connectivity index (χ3v) is 2.17. The Morgan fingerprint density at radius 1 is 1.17 bits per heavy atom. The summed E-state index contributed by atoms with van der Waals surface area (Å²) < 4.78 is 15.5. The first-order valence-electron chi connectivity index (χ1n) is 6.27. The number of nitrogens with one attached hydrogen (secondary N) is 1. The van der Waals surface area contributed by atoms with Gasteiger partial charge in [0.25, 0.3) is 0 Å². The monoisotopic (exact) mass is 262 g/mol. The van der Waals surface area contributed by atoms with E-state index in [0.717, 1.165) is 6.42 Å². The molecular weight excluding hydrogens is 236 g/mol. The Hall–Kier alpha value is -0.690. The molecule has 0 saturated carbocycles. The van der Waals surface area contributed by atoms with Crippen molar-refractivity contribution in [3.63, 3.8) is 0 Å². The molecular formula is C12H26N2O4. The quantitative estimate of drug-likeness (QED) is 0.480. The van der Waals surface area contributed by atoms with E-state index in [9.17, 15) is 4.79 Å². The number of hydrogen-bond acceptors (Lipinski definition) is 5. The van der Waals surface area contributed by atoms with Crippen LogP contribution >= 0.6 is 0 Å². The van der Waals surface area contributed by atoms with Crippen molar-refractivity contribution in [3.05, 3.63) is 0 Å². The highest BCUT2D eigenvalue weighted by atomic mass is 16.5. The number of carbonyl (C=O) groups excluding carboxylic acids is 1. The number of methoxy groups -OCH3 is 1. The fourth-order valence-electron chi connectivity index (χ4n) is 1.32. The third-order valence-electron chi connectivity index (χ3n) is 2.17. The Morgan fingerprint density at radius 3 is 2.39 bits per heavy atom. The van der Waals surface area contributed by atoms with E-state index in [1.807, 2.05) is 13.8 Å². The van der Waals surface area contributed by atoms with Gasteiger partial charge in [-0.1, -0.05) is 13.8 Å². The predicted molar refractivity (Wildman–Crippen MR) is 69.4 cm³/mol. The molecule has 18 heavy (non-hydrogen) atoms. The zero-order valence-electron chi connectivity index (χ0n) is 11.6. The molecule has 3 N–H and O–H groups in total. The number of primary amides is 1. The summed E-state index contributed by atoms with van der Waals surface area (Å²) in [5.74, 6) is -0.389. The summed E-state index contributed by atoms with van der Waals surface area (Å²) >= 11 is 0. The first-order valence-corrected chi connectivity index (χ1v) is 6.27. The molecule has 0 aromatic heterocycles. The van der Waals surface area contributed by atoms with Crippen molar-refractivity contribution in [3.8, 4) is 0 Å². The summed E-state index contributed by atoms with van der Waals surface area (Å²) in [6.45, 7) is 6.59. The van der Waals surface area contributed by atoms with Crippen molar-refractivity contribution in [2.24, 2.45) is 5.73 Å². The molecule has 0 aliphatic carbocycles. The van der Waals surface area contributed by atoms with Crippen molar-refractivity contribution in [2.45, 2.75) is 32.4 Å². The molecule has 0 heterocycles. The second-order valence-electron chi connectivity index (χ2n) is 4.31. The zero-order valence-corrected chi connectivity index (χ0v) is 11.6. The van der Waals surface area contributed by atoms with Gasteiger partial charge >= 0.3 is 0 Å². The Morgan fingerprint density at radius 2 is 1.83 bits per heavy atom. The van der Waals surface area contributed by atoms with Crippen LogP contribution in [0, 0.1) is 0 Å². The number of carbonyl (C=O) groups is 1. The maximum absolute atomic E-state index is 11.1. The van der Waals surface area contributed by atoms with E-state index in [-0.39, 0.29) is 11.9 Å². The highest BCUT2D eigenvalue weighted by Gasteiger charge is 2.15. The van der Waals surface area contributed by atoms with E-state index in [2.05, 4.69) is 5.32 Å². The van der Waals surface area contributed by atoms with Gasteiger partial charge in [0, 0.05) is 26.4 Å². The van der Waals surface area contributed by atoms with Gasteiger partial charge in [-0.3, -0.25) is 4.79 Å². The van der Waals surface area contributed by atoms with Crippen molar-refractivity contribution < 1.29 is 19.0 Å². The van der Waals surface area contributed by atoms with Crippen molar-refractivity contribution in [1.82, 2.24) is 5.32 Å². The Labute approximate surface area is 109 Å². The maximum Gasteiger partial charge on any atom is 0.236 e. The van der Waals surface area contributed by atoms with Crippen LogP contribution < -0.4 is 11.1 Å².